The van der Waals surface area contributed by atoms with E-state index in [4.69, 9.17) is 9.84 Å². The van der Waals surface area contributed by atoms with Crippen LogP contribution in [-0.2, 0) is 13.7 Å². The summed E-state index contributed by atoms with van der Waals surface area (Å²) < 4.78 is 8.38. The first-order chi connectivity index (χ1) is 8.08. The summed E-state index contributed by atoms with van der Waals surface area (Å²) in [5.74, 6) is 0.948. The van der Waals surface area contributed by atoms with Crippen LogP contribution in [0.25, 0.3) is 0 Å². The lowest BCUT2D eigenvalue weighted by Crippen LogP contribution is -2.03. The van der Waals surface area contributed by atoms with Crippen LogP contribution >= 0.6 is 15.9 Å². The monoisotopic (exact) mass is 296 g/mol. The fraction of sp³-hybridized carbons (Fsp3) is 0.250. The topological polar surface area (TPSA) is 47.3 Å². The number of aryl methyl sites for hydroxylation is 2. The Labute approximate surface area is 108 Å². The number of aromatic hydroxyl groups is 1. The largest absolute Gasteiger partial charge is 0.508 e. The molecule has 0 aliphatic carbocycles. The maximum atomic E-state index is 9.16. The molecule has 17 heavy (non-hydrogen) atoms. The van der Waals surface area contributed by atoms with E-state index < -0.39 is 0 Å². The number of hydrogen-bond donors (Lipinski definition) is 1. The highest BCUT2D eigenvalue weighted by molar-refractivity contribution is 9.10. The molecule has 0 radical (unpaired) electrons. The molecular formula is C12H13BrN2O2. The molecule has 0 spiro atoms. The molecule has 4 nitrogen and oxygen atoms in total. The van der Waals surface area contributed by atoms with E-state index in [-0.39, 0.29) is 5.75 Å². The summed E-state index contributed by atoms with van der Waals surface area (Å²) in [6.07, 6.45) is 0. The minimum Gasteiger partial charge on any atom is -0.508 e. The van der Waals surface area contributed by atoms with Gasteiger partial charge in [0.25, 0.3) is 0 Å². The first-order valence-corrected chi connectivity index (χ1v) is 5.97. The van der Waals surface area contributed by atoms with Crippen molar-refractivity contribution < 1.29 is 9.84 Å². The Bertz CT molecular complexity index is 520. The maximum absolute atomic E-state index is 9.16. The average molecular weight is 297 g/mol. The van der Waals surface area contributed by atoms with Crippen molar-refractivity contribution in [3.05, 3.63) is 40.1 Å². The molecule has 1 aromatic heterocycles. The average Bonchev–Trinajstić information content (AvgIpc) is 2.54. The molecule has 0 unspecified atom stereocenters. The van der Waals surface area contributed by atoms with E-state index in [0.29, 0.717) is 12.4 Å². The van der Waals surface area contributed by atoms with E-state index >= 15 is 0 Å². The molecule has 1 heterocycles. The van der Waals surface area contributed by atoms with Gasteiger partial charge in [0.15, 0.2) is 0 Å². The van der Waals surface area contributed by atoms with Crippen LogP contribution in [0.3, 0.4) is 0 Å². The Morgan fingerprint density at radius 3 is 2.53 bits per heavy atom. The predicted octanol–water partition coefficient (Wildman–Crippen LogP) is 2.78. The van der Waals surface area contributed by atoms with Crippen molar-refractivity contribution in [1.29, 1.82) is 0 Å². The van der Waals surface area contributed by atoms with Crippen LogP contribution in [0, 0.1) is 6.92 Å². The quantitative estimate of drug-likeness (QED) is 0.947. The number of phenols is 1. The SMILES string of the molecule is Cc1nn(C)c(COc2ccc(O)cc2)c1Br. The van der Waals surface area contributed by atoms with Gasteiger partial charge in [0, 0.05) is 7.05 Å². The Hall–Kier alpha value is -1.49. The van der Waals surface area contributed by atoms with Gasteiger partial charge in [-0.15, -0.1) is 0 Å². The molecule has 0 saturated heterocycles. The number of aromatic nitrogens is 2. The molecular weight excluding hydrogens is 284 g/mol. The standard InChI is InChI=1S/C12H13BrN2O2/c1-8-12(13)11(15(2)14-8)7-17-10-5-3-9(16)4-6-10/h3-6,16H,7H2,1-2H3. The molecule has 0 aliphatic heterocycles. The smallest absolute Gasteiger partial charge is 0.131 e. The Kier molecular flexibility index (Phi) is 3.38. The van der Waals surface area contributed by atoms with Crippen LogP contribution in [0.2, 0.25) is 0 Å². The summed E-state index contributed by atoms with van der Waals surface area (Å²) in [4.78, 5) is 0. The minimum absolute atomic E-state index is 0.231. The van der Waals surface area contributed by atoms with Gasteiger partial charge in [-0.3, -0.25) is 4.68 Å². The molecule has 90 valence electrons. The number of benzene rings is 1. The predicted molar refractivity (Wildman–Crippen MR) is 68.1 cm³/mol. The van der Waals surface area contributed by atoms with Gasteiger partial charge in [-0.05, 0) is 47.1 Å². The zero-order valence-corrected chi connectivity index (χ0v) is 11.2. The number of rotatable bonds is 3. The van der Waals surface area contributed by atoms with E-state index in [9.17, 15) is 0 Å². The molecule has 2 aromatic rings. The molecule has 5 heteroatoms. The van der Waals surface area contributed by atoms with Gasteiger partial charge < -0.3 is 9.84 Å². The molecule has 0 fully saturated rings. The lowest BCUT2D eigenvalue weighted by atomic mass is 10.3. The number of phenolic OH excluding ortho intramolecular Hbond substituents is 1. The van der Waals surface area contributed by atoms with Crippen molar-refractivity contribution in [2.75, 3.05) is 0 Å². The van der Waals surface area contributed by atoms with Crippen molar-refractivity contribution in [2.45, 2.75) is 13.5 Å². The summed E-state index contributed by atoms with van der Waals surface area (Å²) in [7, 11) is 1.88. The Morgan fingerprint density at radius 1 is 1.35 bits per heavy atom. The van der Waals surface area contributed by atoms with Crippen LogP contribution in [-0.4, -0.2) is 14.9 Å². The normalized spacial score (nSPS) is 10.5. The molecule has 0 amide bonds. The lowest BCUT2D eigenvalue weighted by Gasteiger charge is -2.07. The number of halogens is 1. The summed E-state index contributed by atoms with van der Waals surface area (Å²) in [5, 5.41) is 13.4. The highest BCUT2D eigenvalue weighted by Gasteiger charge is 2.10. The Morgan fingerprint density at radius 2 is 2.00 bits per heavy atom. The van der Waals surface area contributed by atoms with Gasteiger partial charge in [0.05, 0.1) is 15.9 Å². The first-order valence-electron chi connectivity index (χ1n) is 5.17. The van der Waals surface area contributed by atoms with Crippen LogP contribution < -0.4 is 4.74 Å². The van der Waals surface area contributed by atoms with Crippen molar-refractivity contribution in [3.8, 4) is 11.5 Å². The van der Waals surface area contributed by atoms with E-state index in [0.717, 1.165) is 15.9 Å². The summed E-state index contributed by atoms with van der Waals surface area (Å²) in [6, 6.07) is 6.65. The van der Waals surface area contributed by atoms with Gasteiger partial charge in [0.2, 0.25) is 0 Å². The van der Waals surface area contributed by atoms with Crippen molar-refractivity contribution >= 4 is 15.9 Å². The first kappa shape index (κ1) is 12.0. The molecule has 0 atom stereocenters. The zero-order chi connectivity index (χ0) is 12.4. The second-order valence-electron chi connectivity index (χ2n) is 3.75. The van der Waals surface area contributed by atoms with Crippen LogP contribution in [0.5, 0.6) is 11.5 Å². The summed E-state index contributed by atoms with van der Waals surface area (Å²) >= 11 is 3.48. The van der Waals surface area contributed by atoms with Crippen LogP contribution in [0.1, 0.15) is 11.4 Å². The molecule has 2 rings (SSSR count). The zero-order valence-electron chi connectivity index (χ0n) is 9.64. The fourth-order valence-electron chi connectivity index (χ4n) is 1.53. The molecule has 0 aliphatic rings. The molecule has 1 N–H and O–H groups in total. The van der Waals surface area contributed by atoms with Gasteiger partial charge in [-0.2, -0.15) is 5.10 Å². The third kappa shape index (κ3) is 2.61. The van der Waals surface area contributed by atoms with Crippen LogP contribution in [0.15, 0.2) is 28.7 Å². The van der Waals surface area contributed by atoms with Crippen molar-refractivity contribution in [3.63, 3.8) is 0 Å². The maximum Gasteiger partial charge on any atom is 0.131 e. The van der Waals surface area contributed by atoms with Gasteiger partial charge in [-0.1, -0.05) is 0 Å². The number of ether oxygens (including phenoxy) is 1. The van der Waals surface area contributed by atoms with Crippen molar-refractivity contribution in [2.24, 2.45) is 7.05 Å². The van der Waals surface area contributed by atoms with Gasteiger partial charge >= 0.3 is 0 Å². The van der Waals surface area contributed by atoms with Crippen LogP contribution in [0.4, 0.5) is 0 Å². The molecule has 0 bridgehead atoms. The minimum atomic E-state index is 0.231. The highest BCUT2D eigenvalue weighted by Crippen LogP contribution is 2.22. The lowest BCUT2D eigenvalue weighted by molar-refractivity contribution is 0.293. The Balaban J connectivity index is 2.09. The van der Waals surface area contributed by atoms with Crippen molar-refractivity contribution in [1.82, 2.24) is 9.78 Å². The number of nitrogens with zero attached hydrogens (tertiary/aromatic N) is 2. The highest BCUT2D eigenvalue weighted by atomic mass is 79.9. The molecule has 0 saturated carbocycles. The molecule has 1 aromatic carbocycles. The van der Waals surface area contributed by atoms with E-state index in [1.807, 2.05) is 14.0 Å². The van der Waals surface area contributed by atoms with Gasteiger partial charge in [0.1, 0.15) is 18.1 Å². The number of hydrogen-bond acceptors (Lipinski definition) is 3. The fourth-order valence-corrected chi connectivity index (χ4v) is 1.98. The third-order valence-corrected chi connectivity index (χ3v) is 3.51. The second-order valence-corrected chi connectivity index (χ2v) is 4.55. The second kappa shape index (κ2) is 4.79. The van der Waals surface area contributed by atoms with E-state index in [1.165, 1.54) is 0 Å². The third-order valence-electron chi connectivity index (χ3n) is 2.47. The van der Waals surface area contributed by atoms with Gasteiger partial charge in [-0.25, -0.2) is 0 Å². The van der Waals surface area contributed by atoms with E-state index in [2.05, 4.69) is 21.0 Å². The summed E-state index contributed by atoms with van der Waals surface area (Å²) in [6.45, 7) is 2.37. The van der Waals surface area contributed by atoms with E-state index in [1.54, 1.807) is 28.9 Å². The summed E-state index contributed by atoms with van der Waals surface area (Å²) in [5.41, 5.74) is 1.92.